The number of benzene rings is 2. The molecule has 0 saturated carbocycles. The third-order valence-corrected chi connectivity index (χ3v) is 5.25. The number of esters is 1. The topological polar surface area (TPSA) is 100 Å². The van der Waals surface area contributed by atoms with Gasteiger partial charge in [-0.15, -0.1) is 5.06 Å². The number of hydroxylamine groups is 2. The van der Waals surface area contributed by atoms with E-state index in [4.69, 9.17) is 25.9 Å². The first kappa shape index (κ1) is 22.5. The highest BCUT2D eigenvalue weighted by molar-refractivity contribution is 6.30. The Morgan fingerprint density at radius 3 is 2.79 bits per heavy atom. The van der Waals surface area contributed by atoms with Crippen LogP contribution in [0, 0.1) is 0 Å². The molecule has 0 unspecified atom stereocenters. The van der Waals surface area contributed by atoms with Gasteiger partial charge < -0.3 is 19.0 Å². The summed E-state index contributed by atoms with van der Waals surface area (Å²) in [5, 5.41) is 1.96. The van der Waals surface area contributed by atoms with Gasteiger partial charge in [-0.2, -0.15) is 0 Å². The molecular weight excluding hydrogens is 450 g/mol. The molecule has 1 aromatic heterocycles. The molecule has 0 amide bonds. The Morgan fingerprint density at radius 2 is 2.00 bits per heavy atom. The van der Waals surface area contributed by atoms with Crippen molar-refractivity contribution in [2.75, 3.05) is 20.3 Å². The van der Waals surface area contributed by atoms with E-state index in [1.807, 2.05) is 24.3 Å². The summed E-state index contributed by atoms with van der Waals surface area (Å²) >= 11 is 6.30. The van der Waals surface area contributed by atoms with Gasteiger partial charge >= 0.3 is 12.1 Å². The van der Waals surface area contributed by atoms with Crippen LogP contribution in [0.2, 0.25) is 5.02 Å². The summed E-state index contributed by atoms with van der Waals surface area (Å²) in [6, 6.07) is 13.7. The molecule has 0 fully saturated rings. The van der Waals surface area contributed by atoms with E-state index in [1.54, 1.807) is 18.2 Å². The number of ether oxygens (including phenoxy) is 3. The minimum absolute atomic E-state index is 0.0637. The summed E-state index contributed by atoms with van der Waals surface area (Å²) in [6.45, 7) is 0.111. The van der Waals surface area contributed by atoms with Crippen molar-refractivity contribution in [2.45, 2.75) is 12.5 Å². The van der Waals surface area contributed by atoms with Gasteiger partial charge in [0.05, 0.1) is 13.2 Å². The molecule has 1 aliphatic rings. The molecule has 0 aliphatic carbocycles. The van der Waals surface area contributed by atoms with Crippen LogP contribution in [-0.2, 0) is 20.8 Å². The van der Waals surface area contributed by atoms with Crippen molar-refractivity contribution >= 4 is 23.7 Å². The lowest BCUT2D eigenvalue weighted by Gasteiger charge is -2.36. The van der Waals surface area contributed by atoms with Gasteiger partial charge in [0.15, 0.2) is 6.61 Å². The van der Waals surface area contributed by atoms with E-state index in [0.717, 1.165) is 11.1 Å². The molecule has 0 N–H and O–H groups in total. The molecule has 9 nitrogen and oxygen atoms in total. The third kappa shape index (κ3) is 5.39. The van der Waals surface area contributed by atoms with Gasteiger partial charge in [-0.1, -0.05) is 35.9 Å². The number of carbonyl (C=O) groups excluding carboxylic acids is 2. The summed E-state index contributed by atoms with van der Waals surface area (Å²) in [5.41, 5.74) is 2.61. The van der Waals surface area contributed by atoms with Crippen molar-refractivity contribution in [3.8, 4) is 11.6 Å². The van der Waals surface area contributed by atoms with Crippen LogP contribution < -0.4 is 9.47 Å². The Kier molecular flexibility index (Phi) is 7.01. The molecule has 2 heterocycles. The van der Waals surface area contributed by atoms with E-state index in [1.165, 1.54) is 30.8 Å². The monoisotopic (exact) mass is 469 g/mol. The van der Waals surface area contributed by atoms with Crippen molar-refractivity contribution in [3.05, 3.63) is 82.8 Å². The van der Waals surface area contributed by atoms with Crippen LogP contribution in [0.1, 0.15) is 22.7 Å². The zero-order valence-electron chi connectivity index (χ0n) is 17.6. The summed E-state index contributed by atoms with van der Waals surface area (Å²) in [7, 11) is 1.28. The second-order valence-electron chi connectivity index (χ2n) is 7.03. The van der Waals surface area contributed by atoms with Crippen LogP contribution in [0.15, 0.2) is 61.1 Å². The Hall–Kier alpha value is -3.69. The molecular formula is C23H20ClN3O6. The molecule has 3 aromatic rings. The van der Waals surface area contributed by atoms with Gasteiger partial charge in [0.2, 0.25) is 5.88 Å². The van der Waals surface area contributed by atoms with E-state index in [-0.39, 0.29) is 12.5 Å². The molecule has 0 saturated heterocycles. The largest absolute Gasteiger partial charge is 0.534 e. The molecule has 0 spiro atoms. The number of methoxy groups -OCH3 is 1. The molecule has 1 aliphatic heterocycles. The Labute approximate surface area is 194 Å². The number of rotatable bonds is 6. The number of hydrogen-bond acceptors (Lipinski definition) is 9. The van der Waals surface area contributed by atoms with Crippen molar-refractivity contribution in [1.82, 2.24) is 15.0 Å². The standard InChI is InChI=1S/C23H20ClN3O6/c1-30-21(28)13-31-19-7-6-16(24)12-18(19)22-17-5-3-2-4-15(17)9-11-27(22)33-23(29)32-20-8-10-25-14-26-20/h2-8,10,12,14,22H,9,11,13H2,1H3/t22-/m0/s1. The predicted octanol–water partition coefficient (Wildman–Crippen LogP) is 3.76. The fourth-order valence-electron chi connectivity index (χ4n) is 3.56. The van der Waals surface area contributed by atoms with Crippen LogP contribution in [0.5, 0.6) is 11.6 Å². The maximum atomic E-state index is 12.5. The average molecular weight is 470 g/mol. The highest BCUT2D eigenvalue weighted by Gasteiger charge is 2.34. The predicted molar refractivity (Wildman–Crippen MR) is 117 cm³/mol. The average Bonchev–Trinajstić information content (AvgIpc) is 2.83. The third-order valence-electron chi connectivity index (χ3n) is 5.01. The normalized spacial score (nSPS) is 15.3. The number of nitrogens with zero attached hydrogens (tertiary/aromatic N) is 3. The second-order valence-corrected chi connectivity index (χ2v) is 7.47. The van der Waals surface area contributed by atoms with Crippen LogP contribution in [-0.4, -0.2) is 47.4 Å². The fourth-order valence-corrected chi connectivity index (χ4v) is 3.74. The van der Waals surface area contributed by atoms with E-state index < -0.39 is 18.2 Å². The van der Waals surface area contributed by atoms with Crippen molar-refractivity contribution < 1.29 is 28.6 Å². The van der Waals surface area contributed by atoms with Crippen molar-refractivity contribution in [1.29, 1.82) is 0 Å². The van der Waals surface area contributed by atoms with Crippen LogP contribution in [0.25, 0.3) is 0 Å². The number of hydrogen-bond donors (Lipinski definition) is 0. The molecule has 4 rings (SSSR count). The summed E-state index contributed by atoms with van der Waals surface area (Å²) < 4.78 is 15.5. The second kappa shape index (κ2) is 10.3. The van der Waals surface area contributed by atoms with Crippen LogP contribution in [0.4, 0.5) is 4.79 Å². The van der Waals surface area contributed by atoms with E-state index in [2.05, 4.69) is 14.7 Å². The zero-order chi connectivity index (χ0) is 23.2. The quantitative estimate of drug-likeness (QED) is 0.499. The minimum atomic E-state index is -0.947. The van der Waals surface area contributed by atoms with Crippen LogP contribution in [0.3, 0.4) is 0 Å². The first-order chi connectivity index (χ1) is 16.0. The van der Waals surface area contributed by atoms with Gasteiger partial charge in [-0.25, -0.2) is 19.6 Å². The van der Waals surface area contributed by atoms with Gasteiger partial charge in [-0.05, 0) is 35.7 Å². The van der Waals surface area contributed by atoms with Gasteiger partial charge in [0.25, 0.3) is 0 Å². The van der Waals surface area contributed by atoms with E-state index in [0.29, 0.717) is 29.3 Å². The first-order valence-corrected chi connectivity index (χ1v) is 10.4. The van der Waals surface area contributed by atoms with E-state index >= 15 is 0 Å². The highest BCUT2D eigenvalue weighted by Crippen LogP contribution is 2.40. The summed E-state index contributed by atoms with van der Waals surface area (Å²) in [5.74, 6) is -0.0560. The summed E-state index contributed by atoms with van der Waals surface area (Å²) in [6.07, 6.45) is 2.41. The van der Waals surface area contributed by atoms with Gasteiger partial charge in [0, 0.05) is 29.4 Å². The SMILES string of the molecule is COC(=O)COc1ccc(Cl)cc1[C@@H]1c2ccccc2CCN1OC(=O)Oc1ccncn1. The molecule has 10 heteroatoms. The molecule has 0 radical (unpaired) electrons. The number of halogens is 1. The molecule has 33 heavy (non-hydrogen) atoms. The highest BCUT2D eigenvalue weighted by atomic mass is 35.5. The lowest BCUT2D eigenvalue weighted by Crippen LogP contribution is -2.38. The molecule has 2 aromatic carbocycles. The molecule has 0 bridgehead atoms. The maximum absolute atomic E-state index is 12.5. The molecule has 1 atom stereocenters. The lowest BCUT2D eigenvalue weighted by atomic mass is 9.89. The summed E-state index contributed by atoms with van der Waals surface area (Å²) in [4.78, 5) is 37.4. The zero-order valence-corrected chi connectivity index (χ0v) is 18.4. The van der Waals surface area contributed by atoms with Gasteiger partial charge in [0.1, 0.15) is 12.1 Å². The Morgan fingerprint density at radius 1 is 1.15 bits per heavy atom. The van der Waals surface area contributed by atoms with Crippen LogP contribution >= 0.6 is 11.6 Å². The fraction of sp³-hybridized carbons (Fsp3) is 0.217. The van der Waals surface area contributed by atoms with Crippen molar-refractivity contribution in [3.63, 3.8) is 0 Å². The maximum Gasteiger partial charge on any atom is 0.534 e. The molecule has 170 valence electrons. The first-order valence-electron chi connectivity index (χ1n) is 10.0. The Bertz CT molecular complexity index is 1140. The number of carbonyl (C=O) groups is 2. The lowest BCUT2D eigenvalue weighted by molar-refractivity contribution is -0.143. The van der Waals surface area contributed by atoms with Crippen molar-refractivity contribution in [2.24, 2.45) is 0 Å². The number of aromatic nitrogens is 2. The van der Waals surface area contributed by atoms with E-state index in [9.17, 15) is 9.59 Å². The Balaban J connectivity index is 1.67. The smallest absolute Gasteiger partial charge is 0.482 e. The minimum Gasteiger partial charge on any atom is -0.482 e. The van der Waals surface area contributed by atoms with Gasteiger partial charge in [-0.3, -0.25) is 0 Å². The number of fused-ring (bicyclic) bond motifs is 1.